The molecule has 0 bridgehead atoms. The third kappa shape index (κ3) is 5.03. The highest BCUT2D eigenvalue weighted by Gasteiger charge is 2.35. The minimum atomic E-state index is -3.08. The number of rotatable bonds is 8. The highest BCUT2D eigenvalue weighted by Crippen LogP contribution is 2.19. The van der Waals surface area contributed by atoms with Crippen LogP contribution in [-0.4, -0.2) is 58.3 Å². The Bertz CT molecular complexity index is 893. The van der Waals surface area contributed by atoms with Gasteiger partial charge in [0.2, 0.25) is 0 Å². The smallest absolute Gasteiger partial charge is 0.276 e. The Morgan fingerprint density at radius 2 is 2.11 bits per heavy atom. The molecule has 1 atom stereocenters. The summed E-state index contributed by atoms with van der Waals surface area (Å²) < 4.78 is 25.2. The van der Waals surface area contributed by atoms with E-state index in [1.54, 1.807) is 17.0 Å². The lowest BCUT2D eigenvalue weighted by atomic mass is 10.1. The summed E-state index contributed by atoms with van der Waals surface area (Å²) in [5, 5.41) is 8.03. The second kappa shape index (κ2) is 8.47. The van der Waals surface area contributed by atoms with Crippen molar-refractivity contribution in [1.29, 1.82) is 0 Å². The molecule has 3 rings (SSSR count). The van der Waals surface area contributed by atoms with Gasteiger partial charge in [0.05, 0.1) is 17.7 Å². The molecular formula is C19H24N4O3S. The lowest BCUT2D eigenvalue weighted by molar-refractivity contribution is 0.0714. The summed E-state index contributed by atoms with van der Waals surface area (Å²) in [4.78, 5) is 14.3. The quantitative estimate of drug-likeness (QED) is 0.643. The Morgan fingerprint density at radius 1 is 1.33 bits per heavy atom. The van der Waals surface area contributed by atoms with Gasteiger partial charge in [0.15, 0.2) is 15.5 Å². The summed E-state index contributed by atoms with van der Waals surface area (Å²) in [5.41, 5.74) is 1.49. The van der Waals surface area contributed by atoms with Crippen LogP contribution < -0.4 is 0 Å². The van der Waals surface area contributed by atoms with E-state index in [-0.39, 0.29) is 29.1 Å². The summed E-state index contributed by atoms with van der Waals surface area (Å²) in [6.45, 7) is 4.63. The lowest BCUT2D eigenvalue weighted by Gasteiger charge is -2.25. The van der Waals surface area contributed by atoms with E-state index in [0.29, 0.717) is 19.5 Å². The Morgan fingerprint density at radius 3 is 2.78 bits per heavy atom. The number of hydrogen-bond acceptors (Lipinski definition) is 5. The van der Waals surface area contributed by atoms with Gasteiger partial charge in [-0.05, 0) is 24.8 Å². The average Bonchev–Trinajstić information content (AvgIpc) is 3.26. The Balaban J connectivity index is 1.61. The van der Waals surface area contributed by atoms with Crippen molar-refractivity contribution in [1.82, 2.24) is 19.9 Å². The second-order valence-electron chi connectivity index (χ2n) is 6.76. The lowest BCUT2D eigenvalue weighted by Crippen LogP contribution is -2.41. The van der Waals surface area contributed by atoms with E-state index in [2.05, 4.69) is 29.0 Å². The molecule has 0 radical (unpaired) electrons. The van der Waals surface area contributed by atoms with Crippen molar-refractivity contribution in [2.45, 2.75) is 31.8 Å². The average molecular weight is 388 g/mol. The first-order valence-corrected chi connectivity index (χ1v) is 10.9. The maximum absolute atomic E-state index is 12.8. The van der Waals surface area contributed by atoms with Crippen molar-refractivity contribution >= 4 is 15.7 Å². The molecule has 1 fully saturated rings. The first-order valence-electron chi connectivity index (χ1n) is 9.05. The monoisotopic (exact) mass is 388 g/mol. The molecule has 0 spiro atoms. The number of amides is 1. The number of aromatic nitrogens is 3. The molecule has 0 N–H and O–H groups in total. The highest BCUT2D eigenvalue weighted by atomic mass is 32.2. The van der Waals surface area contributed by atoms with Crippen molar-refractivity contribution in [3.05, 3.63) is 60.4 Å². The molecular weight excluding hydrogens is 364 g/mol. The van der Waals surface area contributed by atoms with Gasteiger partial charge in [0.25, 0.3) is 5.91 Å². The topological polar surface area (TPSA) is 85.2 Å². The molecule has 1 aromatic carbocycles. The van der Waals surface area contributed by atoms with E-state index in [1.165, 1.54) is 10.5 Å². The molecule has 0 saturated carbocycles. The van der Waals surface area contributed by atoms with Crippen molar-refractivity contribution in [2.75, 3.05) is 18.1 Å². The highest BCUT2D eigenvalue weighted by molar-refractivity contribution is 7.91. The van der Waals surface area contributed by atoms with Gasteiger partial charge in [-0.15, -0.1) is 11.7 Å². The van der Waals surface area contributed by atoms with E-state index >= 15 is 0 Å². The van der Waals surface area contributed by atoms with Gasteiger partial charge in [0.1, 0.15) is 0 Å². The Kier molecular flexibility index (Phi) is 6.05. The number of benzene rings is 1. The summed E-state index contributed by atoms with van der Waals surface area (Å²) in [6.07, 6.45) is 5.50. The van der Waals surface area contributed by atoms with Crippen LogP contribution in [0.5, 0.6) is 0 Å². The standard InChI is InChI=1S/C19H24N4O3S/c1-2-11-23(17-10-13-27(25,26)15-17)19(24)18-14-22(21-20-18)12-6-9-16-7-4-3-5-8-16/h2-5,7-8,14,17H,1,6,9-13,15H2/t17-/m1/s1. The van der Waals surface area contributed by atoms with Crippen LogP contribution in [0, 0.1) is 0 Å². The Hall–Kier alpha value is -2.48. The van der Waals surface area contributed by atoms with E-state index < -0.39 is 9.84 Å². The van der Waals surface area contributed by atoms with Gasteiger partial charge < -0.3 is 4.90 Å². The van der Waals surface area contributed by atoms with Crippen LogP contribution in [0.25, 0.3) is 0 Å². The fourth-order valence-electron chi connectivity index (χ4n) is 3.30. The molecule has 2 heterocycles. The van der Waals surface area contributed by atoms with Crippen molar-refractivity contribution in [2.24, 2.45) is 0 Å². The molecule has 0 aliphatic carbocycles. The summed E-state index contributed by atoms with van der Waals surface area (Å²) in [6, 6.07) is 9.85. The molecule has 1 amide bonds. The van der Waals surface area contributed by atoms with E-state index in [9.17, 15) is 13.2 Å². The van der Waals surface area contributed by atoms with Crippen LogP contribution in [0.3, 0.4) is 0 Å². The molecule has 8 heteroatoms. The summed E-state index contributed by atoms with van der Waals surface area (Å²) in [7, 11) is -3.08. The van der Waals surface area contributed by atoms with E-state index in [4.69, 9.17) is 0 Å². The number of aryl methyl sites for hydroxylation is 2. The van der Waals surface area contributed by atoms with Crippen LogP contribution in [0.2, 0.25) is 0 Å². The van der Waals surface area contributed by atoms with Crippen molar-refractivity contribution in [3.8, 4) is 0 Å². The van der Waals surface area contributed by atoms with Gasteiger partial charge in [-0.1, -0.05) is 41.6 Å². The molecule has 27 heavy (non-hydrogen) atoms. The zero-order valence-electron chi connectivity index (χ0n) is 15.2. The van der Waals surface area contributed by atoms with Crippen LogP contribution in [-0.2, 0) is 22.8 Å². The minimum absolute atomic E-state index is 0.00219. The molecule has 1 aliphatic rings. The SMILES string of the molecule is C=CCN(C(=O)c1cn(CCCc2ccccc2)nn1)[C@@H]1CCS(=O)(=O)C1. The zero-order chi connectivity index (χ0) is 19.3. The molecule has 0 unspecified atom stereocenters. The normalized spacial score (nSPS) is 18.3. The van der Waals surface area contributed by atoms with E-state index in [1.807, 2.05) is 18.2 Å². The zero-order valence-corrected chi connectivity index (χ0v) is 16.0. The number of hydrogen-bond donors (Lipinski definition) is 0. The van der Waals surface area contributed by atoms with Gasteiger partial charge in [0, 0.05) is 19.1 Å². The largest absolute Gasteiger partial charge is 0.329 e. The molecule has 1 aromatic heterocycles. The van der Waals surface area contributed by atoms with Gasteiger partial charge >= 0.3 is 0 Å². The van der Waals surface area contributed by atoms with E-state index in [0.717, 1.165) is 12.8 Å². The number of sulfone groups is 1. The number of nitrogens with zero attached hydrogens (tertiary/aromatic N) is 4. The predicted molar refractivity (Wildman–Crippen MR) is 103 cm³/mol. The third-order valence-electron chi connectivity index (χ3n) is 4.69. The van der Waals surface area contributed by atoms with Gasteiger partial charge in [-0.2, -0.15) is 0 Å². The molecule has 1 saturated heterocycles. The maximum atomic E-state index is 12.8. The van der Waals surface area contributed by atoms with Crippen molar-refractivity contribution < 1.29 is 13.2 Å². The van der Waals surface area contributed by atoms with Gasteiger partial charge in [-0.25, -0.2) is 8.42 Å². The number of carbonyl (C=O) groups excluding carboxylic acids is 1. The fraction of sp³-hybridized carbons (Fsp3) is 0.421. The minimum Gasteiger partial charge on any atom is -0.329 e. The first kappa shape index (κ1) is 19.3. The summed E-state index contributed by atoms with van der Waals surface area (Å²) >= 11 is 0. The molecule has 2 aromatic rings. The molecule has 1 aliphatic heterocycles. The maximum Gasteiger partial charge on any atom is 0.276 e. The van der Waals surface area contributed by atoms with Crippen molar-refractivity contribution in [3.63, 3.8) is 0 Å². The van der Waals surface area contributed by atoms with Crippen LogP contribution in [0.4, 0.5) is 0 Å². The molecule has 7 nitrogen and oxygen atoms in total. The third-order valence-corrected chi connectivity index (χ3v) is 6.44. The van der Waals surface area contributed by atoms with Gasteiger partial charge in [-0.3, -0.25) is 9.48 Å². The van der Waals surface area contributed by atoms with Crippen LogP contribution in [0.1, 0.15) is 28.9 Å². The predicted octanol–water partition coefficient (Wildman–Crippen LogP) is 1.73. The second-order valence-corrected chi connectivity index (χ2v) is 8.99. The first-order chi connectivity index (χ1) is 13.0. The Labute approximate surface area is 159 Å². The molecule has 144 valence electrons. The summed E-state index contributed by atoms with van der Waals surface area (Å²) in [5.74, 6) is -0.186. The van der Waals surface area contributed by atoms with Crippen LogP contribution in [0.15, 0.2) is 49.2 Å². The fourth-order valence-corrected chi connectivity index (χ4v) is 5.03. The van der Waals surface area contributed by atoms with Crippen LogP contribution >= 0.6 is 0 Å². The number of carbonyl (C=O) groups is 1.